The molecule has 5 N–H and O–H groups in total. The van der Waals surface area contributed by atoms with E-state index in [1.807, 2.05) is 0 Å². The number of likely N-dealkylation sites (tertiary alicyclic amines) is 1. The number of para-hydroxylation sites is 1. The number of ketones is 1. The summed E-state index contributed by atoms with van der Waals surface area (Å²) in [6.45, 7) is 0.804. The second kappa shape index (κ2) is 8.55. The fourth-order valence-electron chi connectivity index (χ4n) is 3.18. The summed E-state index contributed by atoms with van der Waals surface area (Å²) in [5, 5.41) is 3.15. The zero-order valence-electron chi connectivity index (χ0n) is 15.9. The van der Waals surface area contributed by atoms with Crippen LogP contribution in [-0.4, -0.2) is 58.7 Å². The number of anilines is 2. The summed E-state index contributed by atoms with van der Waals surface area (Å²) in [6.07, 6.45) is 2.58. The summed E-state index contributed by atoms with van der Waals surface area (Å²) in [4.78, 5) is 45.2. The second-order valence-electron chi connectivity index (χ2n) is 6.60. The number of nitrogens with two attached hydrogens (primary N) is 2. The molecule has 152 valence electrons. The molecular formula is C19H22N6O4. The van der Waals surface area contributed by atoms with E-state index in [2.05, 4.69) is 15.3 Å². The van der Waals surface area contributed by atoms with Crippen LogP contribution in [0.5, 0.6) is 5.75 Å². The molecule has 0 spiro atoms. The van der Waals surface area contributed by atoms with E-state index >= 15 is 0 Å². The minimum Gasteiger partial charge on any atom is -0.496 e. The number of nitrogens with zero attached hydrogens (tertiary/aromatic N) is 3. The maximum Gasteiger partial charge on any atom is 0.311 e. The molecule has 1 saturated heterocycles. The van der Waals surface area contributed by atoms with Crippen LogP contribution in [0.1, 0.15) is 28.8 Å². The van der Waals surface area contributed by atoms with Crippen molar-refractivity contribution in [1.29, 1.82) is 0 Å². The van der Waals surface area contributed by atoms with Gasteiger partial charge in [-0.05, 0) is 25.0 Å². The molecular weight excluding hydrogens is 376 g/mol. The van der Waals surface area contributed by atoms with Gasteiger partial charge in [0.25, 0.3) is 0 Å². The first-order chi connectivity index (χ1) is 13.9. The lowest BCUT2D eigenvalue weighted by Crippen LogP contribution is -2.47. The van der Waals surface area contributed by atoms with Gasteiger partial charge in [0.1, 0.15) is 11.6 Å². The SMILES string of the molecule is COc1ccccc1C(=O)c1cnc(NC2CCN(C(=O)C(N)=O)CC2)nc1N. The second-order valence-corrected chi connectivity index (χ2v) is 6.60. The molecule has 3 rings (SSSR count). The third-order valence-corrected chi connectivity index (χ3v) is 4.74. The Bertz CT molecular complexity index is 940. The first-order valence-corrected chi connectivity index (χ1v) is 9.06. The number of ether oxygens (including phenoxy) is 1. The number of primary amides is 1. The standard InChI is InChI=1S/C19H22N6O4/c1-29-14-5-3-2-4-12(14)15(26)13-10-22-19(24-16(13)20)23-11-6-8-25(9-7-11)18(28)17(21)27/h2-5,10-11H,6-9H2,1H3,(H2,21,27)(H3,20,22,23,24). The Morgan fingerprint density at radius 1 is 1.17 bits per heavy atom. The minimum atomic E-state index is -0.956. The molecule has 29 heavy (non-hydrogen) atoms. The molecule has 0 radical (unpaired) electrons. The highest BCUT2D eigenvalue weighted by atomic mass is 16.5. The van der Waals surface area contributed by atoms with Crippen molar-refractivity contribution in [2.24, 2.45) is 5.73 Å². The van der Waals surface area contributed by atoms with Gasteiger partial charge < -0.3 is 26.4 Å². The van der Waals surface area contributed by atoms with Crippen molar-refractivity contribution in [3.8, 4) is 5.75 Å². The quantitative estimate of drug-likeness (QED) is 0.476. The zero-order valence-corrected chi connectivity index (χ0v) is 15.9. The Morgan fingerprint density at radius 2 is 1.86 bits per heavy atom. The fraction of sp³-hybridized carbons (Fsp3) is 0.316. The predicted molar refractivity (Wildman–Crippen MR) is 105 cm³/mol. The Kier molecular flexibility index (Phi) is 5.91. The Hall–Kier alpha value is -3.69. The number of benzene rings is 1. The van der Waals surface area contributed by atoms with E-state index in [9.17, 15) is 14.4 Å². The number of nitrogens with one attached hydrogen (secondary N) is 1. The lowest BCUT2D eigenvalue weighted by Gasteiger charge is -2.31. The van der Waals surface area contributed by atoms with Gasteiger partial charge in [-0.3, -0.25) is 14.4 Å². The molecule has 0 unspecified atom stereocenters. The molecule has 1 fully saturated rings. The first-order valence-electron chi connectivity index (χ1n) is 9.06. The van der Waals surface area contributed by atoms with Gasteiger partial charge in [-0.2, -0.15) is 4.98 Å². The van der Waals surface area contributed by atoms with Gasteiger partial charge in [-0.15, -0.1) is 0 Å². The number of piperidine rings is 1. The molecule has 10 nitrogen and oxygen atoms in total. The average molecular weight is 398 g/mol. The zero-order chi connectivity index (χ0) is 21.0. The number of methoxy groups -OCH3 is 1. The van der Waals surface area contributed by atoms with Crippen LogP contribution in [0.2, 0.25) is 0 Å². The summed E-state index contributed by atoms with van der Waals surface area (Å²) in [6, 6.07) is 6.84. The number of carbonyl (C=O) groups is 3. The van der Waals surface area contributed by atoms with Crippen LogP contribution in [0.15, 0.2) is 30.5 Å². The van der Waals surface area contributed by atoms with Crippen LogP contribution >= 0.6 is 0 Å². The largest absolute Gasteiger partial charge is 0.496 e. The average Bonchev–Trinajstić information content (AvgIpc) is 2.73. The molecule has 0 bridgehead atoms. The van der Waals surface area contributed by atoms with Gasteiger partial charge in [-0.1, -0.05) is 12.1 Å². The van der Waals surface area contributed by atoms with E-state index < -0.39 is 11.8 Å². The predicted octanol–water partition coefficient (Wildman–Crippen LogP) is 0.187. The normalized spacial score (nSPS) is 14.3. The molecule has 1 aliphatic rings. The topological polar surface area (TPSA) is 154 Å². The lowest BCUT2D eigenvalue weighted by molar-refractivity contribution is -0.144. The van der Waals surface area contributed by atoms with Crippen molar-refractivity contribution < 1.29 is 19.1 Å². The van der Waals surface area contributed by atoms with Crippen molar-refractivity contribution in [3.63, 3.8) is 0 Å². The molecule has 10 heteroatoms. The number of nitrogen functional groups attached to an aromatic ring is 1. The Morgan fingerprint density at radius 3 is 2.48 bits per heavy atom. The minimum absolute atomic E-state index is 0.00194. The van der Waals surface area contributed by atoms with E-state index in [1.165, 1.54) is 18.2 Å². The van der Waals surface area contributed by atoms with E-state index in [0.29, 0.717) is 43.2 Å². The van der Waals surface area contributed by atoms with Crippen LogP contribution in [0, 0.1) is 0 Å². The first kappa shape index (κ1) is 20.1. The number of carbonyl (C=O) groups excluding carboxylic acids is 3. The summed E-state index contributed by atoms with van der Waals surface area (Å²) in [5.41, 5.74) is 11.6. The molecule has 2 amide bonds. The highest BCUT2D eigenvalue weighted by Crippen LogP contribution is 2.23. The van der Waals surface area contributed by atoms with E-state index in [1.54, 1.807) is 24.3 Å². The van der Waals surface area contributed by atoms with Crippen LogP contribution in [0.4, 0.5) is 11.8 Å². The molecule has 2 aromatic rings. The van der Waals surface area contributed by atoms with Gasteiger partial charge in [-0.25, -0.2) is 4.98 Å². The molecule has 0 atom stereocenters. The highest BCUT2D eigenvalue weighted by Gasteiger charge is 2.26. The van der Waals surface area contributed by atoms with Crippen molar-refractivity contribution in [2.45, 2.75) is 18.9 Å². The monoisotopic (exact) mass is 398 g/mol. The van der Waals surface area contributed by atoms with E-state index in [-0.39, 0.29) is 23.2 Å². The lowest BCUT2D eigenvalue weighted by atomic mass is 10.0. The molecule has 0 saturated carbocycles. The summed E-state index contributed by atoms with van der Waals surface area (Å²) in [7, 11) is 1.49. The van der Waals surface area contributed by atoms with Crippen LogP contribution < -0.4 is 21.5 Å². The Labute approximate surface area is 167 Å². The van der Waals surface area contributed by atoms with Gasteiger partial charge in [0.15, 0.2) is 0 Å². The van der Waals surface area contributed by atoms with E-state index in [0.717, 1.165) is 0 Å². The van der Waals surface area contributed by atoms with E-state index in [4.69, 9.17) is 16.2 Å². The maximum absolute atomic E-state index is 12.8. The highest BCUT2D eigenvalue weighted by molar-refractivity contribution is 6.34. The van der Waals surface area contributed by atoms with Crippen molar-refractivity contribution >= 4 is 29.4 Å². The van der Waals surface area contributed by atoms with Gasteiger partial charge in [0.05, 0.1) is 18.2 Å². The molecule has 1 aliphatic heterocycles. The van der Waals surface area contributed by atoms with Crippen LogP contribution in [0.25, 0.3) is 0 Å². The number of hydrogen-bond donors (Lipinski definition) is 3. The maximum atomic E-state index is 12.8. The number of hydrogen-bond acceptors (Lipinski definition) is 8. The van der Waals surface area contributed by atoms with Crippen molar-refractivity contribution in [1.82, 2.24) is 14.9 Å². The fourth-order valence-corrected chi connectivity index (χ4v) is 3.18. The Balaban J connectivity index is 1.67. The molecule has 1 aromatic heterocycles. The summed E-state index contributed by atoms with van der Waals surface area (Å²) >= 11 is 0. The summed E-state index contributed by atoms with van der Waals surface area (Å²) < 4.78 is 5.22. The van der Waals surface area contributed by atoms with Crippen molar-refractivity contribution in [3.05, 3.63) is 41.6 Å². The number of amides is 2. The number of aromatic nitrogens is 2. The molecule has 2 heterocycles. The number of rotatable bonds is 5. The van der Waals surface area contributed by atoms with Gasteiger partial charge in [0.2, 0.25) is 11.7 Å². The molecule has 0 aliphatic carbocycles. The third-order valence-electron chi connectivity index (χ3n) is 4.74. The smallest absolute Gasteiger partial charge is 0.311 e. The van der Waals surface area contributed by atoms with Crippen LogP contribution in [-0.2, 0) is 9.59 Å². The van der Waals surface area contributed by atoms with Gasteiger partial charge >= 0.3 is 11.8 Å². The summed E-state index contributed by atoms with van der Waals surface area (Å²) in [5.74, 6) is -1.18. The third kappa shape index (κ3) is 4.42. The van der Waals surface area contributed by atoms with Gasteiger partial charge in [0, 0.05) is 25.3 Å². The molecule has 1 aromatic carbocycles. The van der Waals surface area contributed by atoms with Crippen LogP contribution in [0.3, 0.4) is 0 Å². The van der Waals surface area contributed by atoms with Crippen molar-refractivity contribution in [2.75, 3.05) is 31.2 Å².